The van der Waals surface area contributed by atoms with E-state index in [1.165, 1.54) is 5.56 Å². The van der Waals surface area contributed by atoms with Crippen molar-refractivity contribution in [2.75, 3.05) is 33.3 Å². The number of nitrogens with zero attached hydrogens (tertiary/aromatic N) is 4. The summed E-state index contributed by atoms with van der Waals surface area (Å²) in [6, 6.07) is 4.15. The second-order valence-corrected chi connectivity index (χ2v) is 6.52. The molecule has 0 aromatic carbocycles. The van der Waals surface area contributed by atoms with Crippen LogP contribution in [0.3, 0.4) is 0 Å². The molecule has 3 rings (SSSR count). The van der Waals surface area contributed by atoms with Gasteiger partial charge in [0.05, 0.1) is 11.8 Å². The number of pyridine rings is 1. The van der Waals surface area contributed by atoms with Crippen LogP contribution in [0.25, 0.3) is 5.65 Å². The van der Waals surface area contributed by atoms with Crippen molar-refractivity contribution < 1.29 is 4.74 Å². The zero-order valence-corrected chi connectivity index (χ0v) is 18.3. The number of hydrogen-bond acceptors (Lipinski definition) is 3. The van der Waals surface area contributed by atoms with Crippen LogP contribution in [0.15, 0.2) is 29.5 Å². The third kappa shape index (κ3) is 5.09. The Balaban J connectivity index is 0.00000243. The fourth-order valence-electron chi connectivity index (χ4n) is 3.43. The molecule has 1 N–H and O–H groups in total. The number of fused-ring (bicyclic) bond motifs is 1. The minimum atomic E-state index is 0. The zero-order valence-electron chi connectivity index (χ0n) is 15.9. The van der Waals surface area contributed by atoms with E-state index in [4.69, 9.17) is 9.72 Å². The van der Waals surface area contributed by atoms with Crippen LogP contribution in [0.2, 0.25) is 0 Å². The first-order chi connectivity index (χ1) is 12.2. The summed E-state index contributed by atoms with van der Waals surface area (Å²) >= 11 is 0. The molecule has 26 heavy (non-hydrogen) atoms. The molecule has 0 radical (unpaired) electrons. The molecular weight excluding hydrogens is 441 g/mol. The van der Waals surface area contributed by atoms with Crippen LogP contribution >= 0.6 is 24.0 Å². The summed E-state index contributed by atoms with van der Waals surface area (Å²) in [7, 11) is 1.85. The number of aryl methyl sites for hydroxylation is 1. The van der Waals surface area contributed by atoms with E-state index < -0.39 is 0 Å². The Bertz CT molecular complexity index is 722. The van der Waals surface area contributed by atoms with Gasteiger partial charge < -0.3 is 19.4 Å². The van der Waals surface area contributed by atoms with Crippen molar-refractivity contribution in [1.82, 2.24) is 19.6 Å². The molecule has 0 saturated carbocycles. The molecule has 1 aliphatic rings. The molecule has 1 aliphatic heterocycles. The smallest absolute Gasteiger partial charge is 0.193 e. The summed E-state index contributed by atoms with van der Waals surface area (Å²) in [5, 5.41) is 3.48. The van der Waals surface area contributed by atoms with E-state index in [9.17, 15) is 0 Å². The first kappa shape index (κ1) is 21.0. The van der Waals surface area contributed by atoms with Crippen molar-refractivity contribution in [2.24, 2.45) is 4.99 Å². The maximum absolute atomic E-state index is 5.72. The summed E-state index contributed by atoms with van der Waals surface area (Å²) < 4.78 is 7.82. The van der Waals surface area contributed by atoms with Crippen LogP contribution in [0.4, 0.5) is 0 Å². The second-order valence-electron chi connectivity index (χ2n) is 6.52. The van der Waals surface area contributed by atoms with Crippen molar-refractivity contribution >= 4 is 35.6 Å². The minimum absolute atomic E-state index is 0. The Hall–Kier alpha value is -1.35. The van der Waals surface area contributed by atoms with E-state index in [1.54, 1.807) is 0 Å². The highest BCUT2D eigenvalue weighted by molar-refractivity contribution is 14.0. The highest BCUT2D eigenvalue weighted by Crippen LogP contribution is 2.14. The molecule has 0 bridgehead atoms. The maximum atomic E-state index is 5.72. The molecule has 3 heterocycles. The molecule has 0 unspecified atom stereocenters. The molecule has 6 nitrogen and oxygen atoms in total. The number of ether oxygens (including phenoxy) is 1. The number of imidazole rings is 1. The van der Waals surface area contributed by atoms with Gasteiger partial charge in [-0.15, -0.1) is 24.0 Å². The average molecular weight is 471 g/mol. The number of rotatable bonds is 5. The highest BCUT2D eigenvalue weighted by atomic mass is 127. The zero-order chi connectivity index (χ0) is 17.6. The predicted molar refractivity (Wildman–Crippen MR) is 117 cm³/mol. The van der Waals surface area contributed by atoms with Gasteiger partial charge >= 0.3 is 0 Å². The van der Waals surface area contributed by atoms with Crippen molar-refractivity contribution in [3.63, 3.8) is 0 Å². The van der Waals surface area contributed by atoms with Crippen LogP contribution in [-0.2, 0) is 11.2 Å². The van der Waals surface area contributed by atoms with Gasteiger partial charge in [0.15, 0.2) is 5.96 Å². The molecule has 1 saturated heterocycles. The summed E-state index contributed by atoms with van der Waals surface area (Å²) in [5.41, 5.74) is 3.35. The number of piperidine rings is 1. The van der Waals surface area contributed by atoms with E-state index >= 15 is 0 Å². The molecule has 1 fully saturated rings. The van der Waals surface area contributed by atoms with Gasteiger partial charge in [-0.1, -0.05) is 6.07 Å². The van der Waals surface area contributed by atoms with Gasteiger partial charge in [-0.05, 0) is 38.3 Å². The highest BCUT2D eigenvalue weighted by Gasteiger charge is 2.21. The van der Waals surface area contributed by atoms with Gasteiger partial charge in [0.1, 0.15) is 5.65 Å². The monoisotopic (exact) mass is 471 g/mol. The number of halogens is 1. The fraction of sp³-hybridized carbons (Fsp3) is 0.579. The summed E-state index contributed by atoms with van der Waals surface area (Å²) in [6.07, 6.45) is 7.59. The molecule has 0 amide bonds. The lowest BCUT2D eigenvalue weighted by Gasteiger charge is -2.34. The second kappa shape index (κ2) is 10.1. The van der Waals surface area contributed by atoms with Gasteiger partial charge in [0, 0.05) is 52.1 Å². The summed E-state index contributed by atoms with van der Waals surface area (Å²) in [4.78, 5) is 11.5. The standard InChI is InChI=1S/C19H29N5O.HI/c1-4-25-17-8-12-23(13-9-17)19(20-3)21-10-7-16-14-24-11-5-6-15(2)18(24)22-16;/h5-6,11,14,17H,4,7-10,12-13H2,1-3H3,(H,20,21);1H. The van der Waals surface area contributed by atoms with Gasteiger partial charge in [-0.25, -0.2) is 4.98 Å². The van der Waals surface area contributed by atoms with Crippen LogP contribution in [-0.4, -0.2) is 59.6 Å². The topological polar surface area (TPSA) is 54.2 Å². The maximum Gasteiger partial charge on any atom is 0.193 e. The average Bonchev–Trinajstić information content (AvgIpc) is 3.04. The summed E-state index contributed by atoms with van der Waals surface area (Å²) in [6.45, 7) is 7.79. The third-order valence-electron chi connectivity index (χ3n) is 4.75. The molecule has 0 spiro atoms. The first-order valence-corrected chi connectivity index (χ1v) is 9.21. The van der Waals surface area contributed by atoms with Gasteiger partial charge in [-0.2, -0.15) is 0 Å². The number of hydrogen-bond donors (Lipinski definition) is 1. The number of aliphatic imine (C=N–C) groups is 1. The van der Waals surface area contributed by atoms with Crippen molar-refractivity contribution in [2.45, 2.75) is 39.2 Å². The van der Waals surface area contributed by atoms with Gasteiger partial charge in [0.25, 0.3) is 0 Å². The molecule has 2 aromatic rings. The Labute approximate surface area is 173 Å². The molecule has 0 aliphatic carbocycles. The van der Waals surface area contributed by atoms with E-state index in [0.29, 0.717) is 6.10 Å². The lowest BCUT2D eigenvalue weighted by molar-refractivity contribution is 0.0264. The van der Waals surface area contributed by atoms with Crippen LogP contribution in [0, 0.1) is 6.92 Å². The number of guanidine groups is 1. The first-order valence-electron chi connectivity index (χ1n) is 9.21. The quantitative estimate of drug-likeness (QED) is 0.414. The molecule has 144 valence electrons. The molecular formula is C19H30IN5O. The molecule has 0 atom stereocenters. The minimum Gasteiger partial charge on any atom is -0.378 e. The van der Waals surface area contributed by atoms with Gasteiger partial charge in [-0.3, -0.25) is 4.99 Å². The predicted octanol–water partition coefficient (Wildman–Crippen LogP) is 2.88. The Morgan fingerprint density at radius 1 is 1.38 bits per heavy atom. The molecule has 2 aromatic heterocycles. The lowest BCUT2D eigenvalue weighted by atomic mass is 10.1. The van der Waals surface area contributed by atoms with E-state index in [-0.39, 0.29) is 24.0 Å². The van der Waals surface area contributed by atoms with Crippen LogP contribution < -0.4 is 5.32 Å². The number of likely N-dealkylation sites (tertiary alicyclic amines) is 1. The van der Waals surface area contributed by atoms with Crippen molar-refractivity contribution in [3.8, 4) is 0 Å². The van der Waals surface area contributed by atoms with Crippen molar-refractivity contribution in [1.29, 1.82) is 0 Å². The Kier molecular flexibility index (Phi) is 8.15. The van der Waals surface area contributed by atoms with Crippen molar-refractivity contribution in [3.05, 3.63) is 35.8 Å². The van der Waals surface area contributed by atoms with Gasteiger partial charge in [0.2, 0.25) is 0 Å². The van der Waals surface area contributed by atoms with E-state index in [0.717, 1.165) is 62.8 Å². The SMILES string of the molecule is CCOC1CCN(C(=NC)NCCc2cn3cccc(C)c3n2)CC1.I. The third-order valence-corrected chi connectivity index (χ3v) is 4.75. The van der Waals surface area contributed by atoms with E-state index in [1.807, 2.05) is 13.2 Å². The largest absolute Gasteiger partial charge is 0.378 e. The summed E-state index contributed by atoms with van der Waals surface area (Å²) in [5.74, 6) is 0.981. The number of aromatic nitrogens is 2. The fourth-order valence-corrected chi connectivity index (χ4v) is 3.43. The normalized spacial score (nSPS) is 16.0. The lowest BCUT2D eigenvalue weighted by Crippen LogP contribution is -2.47. The molecule has 7 heteroatoms. The Morgan fingerprint density at radius 2 is 2.15 bits per heavy atom. The van der Waals surface area contributed by atoms with Crippen LogP contribution in [0.1, 0.15) is 31.0 Å². The Morgan fingerprint density at radius 3 is 2.81 bits per heavy atom. The van der Waals surface area contributed by atoms with E-state index in [2.05, 4.69) is 51.8 Å². The number of nitrogens with one attached hydrogen (secondary N) is 1. The van der Waals surface area contributed by atoms with Crippen LogP contribution in [0.5, 0.6) is 0 Å².